The maximum Gasteiger partial charge on any atom is 0.341 e. The number of methoxy groups -OCH3 is 1. The number of esters is 1. The lowest BCUT2D eigenvalue weighted by atomic mass is 10.1. The Balaban J connectivity index is 1.62. The Kier molecular flexibility index (Phi) is 4.93. The predicted molar refractivity (Wildman–Crippen MR) is 93.4 cm³/mol. The van der Waals surface area contributed by atoms with Crippen molar-refractivity contribution in [2.45, 2.75) is 13.3 Å². The number of pyridine rings is 2. The Hall–Kier alpha value is -2.63. The highest BCUT2D eigenvalue weighted by atomic mass is 16.5. The molecule has 0 aliphatic carbocycles. The maximum atomic E-state index is 11.9. The molecule has 1 saturated heterocycles. The molecule has 1 fully saturated rings. The minimum absolute atomic E-state index is 0.344. The number of carbonyl (C=O) groups is 1. The minimum Gasteiger partial charge on any atom is -0.465 e. The largest absolute Gasteiger partial charge is 0.465 e. The zero-order chi connectivity index (χ0) is 16.9. The molecule has 1 unspecified atom stereocenters. The standard InChI is InChI=1S/C18H22N4O2/c1-13-5-3-7-16(21-13)20-11-14-8-10-22(12-14)17-15(18(23)24-2)6-4-9-19-17/h3-7,9,14H,8,10-12H2,1-2H3,(H,20,21). The molecule has 3 rings (SSSR count). The summed E-state index contributed by atoms with van der Waals surface area (Å²) in [7, 11) is 1.39. The van der Waals surface area contributed by atoms with Gasteiger partial charge in [-0.2, -0.15) is 0 Å². The van der Waals surface area contributed by atoms with E-state index in [4.69, 9.17) is 4.74 Å². The van der Waals surface area contributed by atoms with Crippen molar-refractivity contribution in [3.05, 3.63) is 47.8 Å². The van der Waals surface area contributed by atoms with E-state index in [1.165, 1.54) is 7.11 Å². The van der Waals surface area contributed by atoms with Crippen molar-refractivity contribution in [3.63, 3.8) is 0 Å². The Morgan fingerprint density at radius 3 is 3.04 bits per heavy atom. The lowest BCUT2D eigenvalue weighted by Crippen LogP contribution is -2.25. The van der Waals surface area contributed by atoms with Crippen LogP contribution in [0.25, 0.3) is 0 Å². The third kappa shape index (κ3) is 3.64. The topological polar surface area (TPSA) is 67.3 Å². The fourth-order valence-corrected chi connectivity index (χ4v) is 3.00. The molecule has 0 amide bonds. The molecule has 3 heterocycles. The van der Waals surface area contributed by atoms with Gasteiger partial charge in [-0.3, -0.25) is 0 Å². The van der Waals surface area contributed by atoms with Gasteiger partial charge in [-0.1, -0.05) is 6.07 Å². The number of aryl methyl sites for hydroxylation is 1. The number of anilines is 2. The van der Waals surface area contributed by atoms with Gasteiger partial charge in [0.2, 0.25) is 0 Å². The van der Waals surface area contributed by atoms with Gasteiger partial charge in [0.05, 0.1) is 7.11 Å². The number of nitrogens with zero attached hydrogens (tertiary/aromatic N) is 3. The zero-order valence-electron chi connectivity index (χ0n) is 14.0. The second-order valence-corrected chi connectivity index (χ2v) is 6.01. The molecular weight excluding hydrogens is 304 g/mol. The van der Waals surface area contributed by atoms with Gasteiger partial charge in [-0.25, -0.2) is 14.8 Å². The summed E-state index contributed by atoms with van der Waals surface area (Å²) in [6.07, 6.45) is 2.76. The molecule has 6 nitrogen and oxygen atoms in total. The normalized spacial score (nSPS) is 16.9. The average molecular weight is 326 g/mol. The number of hydrogen-bond donors (Lipinski definition) is 1. The smallest absolute Gasteiger partial charge is 0.341 e. The molecule has 1 N–H and O–H groups in total. The first-order valence-electron chi connectivity index (χ1n) is 8.13. The fourth-order valence-electron chi connectivity index (χ4n) is 3.00. The van der Waals surface area contributed by atoms with Crippen molar-refractivity contribution in [3.8, 4) is 0 Å². The van der Waals surface area contributed by atoms with E-state index in [0.29, 0.717) is 17.3 Å². The van der Waals surface area contributed by atoms with Gasteiger partial charge in [0.25, 0.3) is 0 Å². The molecule has 126 valence electrons. The quantitative estimate of drug-likeness (QED) is 0.852. The van der Waals surface area contributed by atoms with Crippen molar-refractivity contribution in [2.24, 2.45) is 5.92 Å². The second-order valence-electron chi connectivity index (χ2n) is 6.01. The highest BCUT2D eigenvalue weighted by Gasteiger charge is 2.26. The van der Waals surface area contributed by atoms with Gasteiger partial charge in [0, 0.05) is 31.5 Å². The highest BCUT2D eigenvalue weighted by Crippen LogP contribution is 2.25. The Bertz CT molecular complexity index is 720. The number of hydrogen-bond acceptors (Lipinski definition) is 6. The fraction of sp³-hybridized carbons (Fsp3) is 0.389. The summed E-state index contributed by atoms with van der Waals surface area (Å²) in [5.41, 5.74) is 1.53. The van der Waals surface area contributed by atoms with Crippen LogP contribution in [0.15, 0.2) is 36.5 Å². The molecule has 0 radical (unpaired) electrons. The summed E-state index contributed by atoms with van der Waals surface area (Å²) in [6.45, 7) is 4.58. The van der Waals surface area contributed by atoms with E-state index in [1.54, 1.807) is 18.3 Å². The molecule has 2 aromatic heterocycles. The molecule has 1 aliphatic heterocycles. The van der Waals surface area contributed by atoms with Gasteiger partial charge >= 0.3 is 5.97 Å². The Morgan fingerprint density at radius 2 is 2.25 bits per heavy atom. The van der Waals surface area contributed by atoms with Crippen molar-refractivity contribution in [1.82, 2.24) is 9.97 Å². The molecule has 2 aromatic rings. The molecule has 0 saturated carbocycles. The van der Waals surface area contributed by atoms with Crippen molar-refractivity contribution >= 4 is 17.6 Å². The van der Waals surface area contributed by atoms with Gasteiger partial charge < -0.3 is 15.0 Å². The van der Waals surface area contributed by atoms with Crippen LogP contribution >= 0.6 is 0 Å². The molecular formula is C18H22N4O2. The summed E-state index contributed by atoms with van der Waals surface area (Å²) >= 11 is 0. The number of aromatic nitrogens is 2. The molecule has 6 heteroatoms. The number of carbonyl (C=O) groups excluding carboxylic acids is 1. The van der Waals surface area contributed by atoms with E-state index in [2.05, 4.69) is 20.2 Å². The van der Waals surface area contributed by atoms with Crippen LogP contribution < -0.4 is 10.2 Å². The summed E-state index contributed by atoms with van der Waals surface area (Å²) in [4.78, 5) is 22.9. The molecule has 1 aliphatic rings. The average Bonchev–Trinajstić information content (AvgIpc) is 3.08. The summed E-state index contributed by atoms with van der Waals surface area (Å²) in [5, 5.41) is 3.40. The molecule has 0 spiro atoms. The van der Waals surface area contributed by atoms with Crippen LogP contribution in [-0.4, -0.2) is 42.7 Å². The van der Waals surface area contributed by atoms with E-state index in [0.717, 1.165) is 37.6 Å². The van der Waals surface area contributed by atoms with Gasteiger partial charge in [0.15, 0.2) is 0 Å². The van der Waals surface area contributed by atoms with Crippen LogP contribution in [0.2, 0.25) is 0 Å². The van der Waals surface area contributed by atoms with Crippen LogP contribution in [0.5, 0.6) is 0 Å². The van der Waals surface area contributed by atoms with E-state index >= 15 is 0 Å². The molecule has 1 atom stereocenters. The van der Waals surface area contributed by atoms with Crippen LogP contribution in [0.4, 0.5) is 11.6 Å². The van der Waals surface area contributed by atoms with Gasteiger partial charge in [-0.15, -0.1) is 0 Å². The highest BCUT2D eigenvalue weighted by molar-refractivity contribution is 5.94. The number of nitrogens with one attached hydrogen (secondary N) is 1. The zero-order valence-corrected chi connectivity index (χ0v) is 14.0. The maximum absolute atomic E-state index is 11.9. The van der Waals surface area contributed by atoms with Crippen molar-refractivity contribution < 1.29 is 9.53 Å². The first-order valence-corrected chi connectivity index (χ1v) is 8.13. The van der Waals surface area contributed by atoms with E-state index in [-0.39, 0.29) is 5.97 Å². The van der Waals surface area contributed by atoms with Crippen LogP contribution in [0.1, 0.15) is 22.5 Å². The third-order valence-electron chi connectivity index (χ3n) is 4.24. The van der Waals surface area contributed by atoms with E-state index in [1.807, 2.05) is 25.1 Å². The lowest BCUT2D eigenvalue weighted by Gasteiger charge is -2.20. The first kappa shape index (κ1) is 16.2. The van der Waals surface area contributed by atoms with Crippen LogP contribution in [0.3, 0.4) is 0 Å². The lowest BCUT2D eigenvalue weighted by molar-refractivity contribution is 0.0601. The van der Waals surface area contributed by atoms with E-state index in [9.17, 15) is 4.79 Å². The van der Waals surface area contributed by atoms with Crippen LogP contribution in [0, 0.1) is 12.8 Å². The summed E-state index contributed by atoms with van der Waals surface area (Å²) in [5.74, 6) is 1.76. The van der Waals surface area contributed by atoms with Gasteiger partial charge in [-0.05, 0) is 43.5 Å². The van der Waals surface area contributed by atoms with Crippen molar-refractivity contribution in [2.75, 3.05) is 37.0 Å². The summed E-state index contributed by atoms with van der Waals surface area (Å²) < 4.78 is 4.85. The van der Waals surface area contributed by atoms with Crippen LogP contribution in [-0.2, 0) is 4.74 Å². The number of ether oxygens (including phenoxy) is 1. The molecule has 0 aromatic carbocycles. The molecule has 0 bridgehead atoms. The molecule has 24 heavy (non-hydrogen) atoms. The second kappa shape index (κ2) is 7.29. The van der Waals surface area contributed by atoms with E-state index < -0.39 is 0 Å². The third-order valence-corrected chi connectivity index (χ3v) is 4.24. The SMILES string of the molecule is COC(=O)c1cccnc1N1CCC(CNc2cccc(C)n2)C1. The first-order chi connectivity index (χ1) is 11.7. The Morgan fingerprint density at radius 1 is 1.38 bits per heavy atom. The Labute approximate surface area is 141 Å². The minimum atomic E-state index is -0.344. The monoisotopic (exact) mass is 326 g/mol. The predicted octanol–water partition coefficient (Wildman–Crippen LogP) is 2.51. The number of rotatable bonds is 5. The van der Waals surface area contributed by atoms with Crippen molar-refractivity contribution in [1.29, 1.82) is 0 Å². The van der Waals surface area contributed by atoms with Gasteiger partial charge in [0.1, 0.15) is 17.2 Å². The summed E-state index contributed by atoms with van der Waals surface area (Å²) in [6, 6.07) is 9.48.